The molecule has 0 aliphatic carbocycles. The lowest BCUT2D eigenvalue weighted by atomic mass is 10.1. The average Bonchev–Trinajstić information content (AvgIpc) is 2.12. The van der Waals surface area contributed by atoms with Gasteiger partial charge >= 0.3 is 0 Å². The minimum atomic E-state index is 0.233. The first-order valence-corrected chi connectivity index (χ1v) is 5.88. The van der Waals surface area contributed by atoms with Gasteiger partial charge in [-0.25, -0.2) is 0 Å². The molecule has 0 aliphatic rings. The van der Waals surface area contributed by atoms with Crippen molar-refractivity contribution in [1.29, 1.82) is 0 Å². The van der Waals surface area contributed by atoms with E-state index in [0.29, 0.717) is 6.42 Å². The monoisotopic (exact) mass is 216 g/mol. The van der Waals surface area contributed by atoms with Gasteiger partial charge in [0.1, 0.15) is 5.78 Å². The molecule has 0 aromatic rings. The van der Waals surface area contributed by atoms with E-state index in [4.69, 9.17) is 11.6 Å². The Balaban J connectivity index is 3.42. The Morgan fingerprint density at radius 2 is 1.93 bits per heavy atom. The molecule has 2 heteroatoms. The van der Waals surface area contributed by atoms with Crippen molar-refractivity contribution in [1.82, 2.24) is 0 Å². The molecule has 1 nitrogen and oxygen atoms in total. The molecule has 0 fully saturated rings. The molecule has 0 aromatic heterocycles. The van der Waals surface area contributed by atoms with Gasteiger partial charge in [-0.1, -0.05) is 43.9 Å². The van der Waals surface area contributed by atoms with Gasteiger partial charge in [-0.05, 0) is 26.2 Å². The van der Waals surface area contributed by atoms with Crippen molar-refractivity contribution in [3.05, 3.63) is 11.1 Å². The first-order valence-electron chi connectivity index (χ1n) is 5.50. The van der Waals surface area contributed by atoms with E-state index in [2.05, 4.69) is 6.92 Å². The Hall–Kier alpha value is -0.300. The Morgan fingerprint density at radius 3 is 2.50 bits per heavy atom. The van der Waals surface area contributed by atoms with Crippen molar-refractivity contribution in [3.63, 3.8) is 0 Å². The third-order valence-electron chi connectivity index (χ3n) is 2.13. The van der Waals surface area contributed by atoms with E-state index >= 15 is 0 Å². The van der Waals surface area contributed by atoms with Gasteiger partial charge in [0.2, 0.25) is 0 Å². The number of allylic oxidation sites excluding steroid dienone is 2. The third kappa shape index (κ3) is 9.79. The van der Waals surface area contributed by atoms with Gasteiger partial charge in [0.15, 0.2) is 0 Å². The molecule has 0 N–H and O–H groups in total. The normalized spacial score (nSPS) is 11.8. The lowest BCUT2D eigenvalue weighted by Gasteiger charge is -1.98. The van der Waals surface area contributed by atoms with Crippen LogP contribution in [0.15, 0.2) is 11.1 Å². The molecule has 0 radical (unpaired) electrons. The van der Waals surface area contributed by atoms with Crippen LogP contribution in [0.3, 0.4) is 0 Å². The summed E-state index contributed by atoms with van der Waals surface area (Å²) >= 11 is 5.99. The van der Waals surface area contributed by atoms with E-state index in [1.807, 2.05) is 6.08 Å². The fourth-order valence-electron chi connectivity index (χ4n) is 1.25. The largest absolute Gasteiger partial charge is 0.300 e. The minimum Gasteiger partial charge on any atom is -0.300 e. The van der Waals surface area contributed by atoms with Gasteiger partial charge in [0.25, 0.3) is 0 Å². The first kappa shape index (κ1) is 13.7. The number of hydrogen-bond donors (Lipinski definition) is 0. The summed E-state index contributed by atoms with van der Waals surface area (Å²) in [5.41, 5.74) is 0. The van der Waals surface area contributed by atoms with Crippen LogP contribution < -0.4 is 0 Å². The predicted octanol–water partition coefficient (Wildman–Crippen LogP) is 4.45. The summed E-state index contributed by atoms with van der Waals surface area (Å²) in [6.07, 6.45) is 9.33. The Bertz CT molecular complexity index is 185. The van der Waals surface area contributed by atoms with Crippen LogP contribution in [0.1, 0.15) is 58.8 Å². The molecule has 0 bridgehead atoms. The Kier molecular flexibility index (Phi) is 9.06. The number of carbonyl (C=O) groups is 1. The van der Waals surface area contributed by atoms with Gasteiger partial charge < -0.3 is 4.79 Å². The summed E-state index contributed by atoms with van der Waals surface area (Å²) in [6.45, 7) is 3.81. The second-order valence-electron chi connectivity index (χ2n) is 3.70. The predicted molar refractivity (Wildman–Crippen MR) is 62.6 cm³/mol. The molecule has 0 rings (SSSR count). The molecular formula is C12H21ClO. The van der Waals surface area contributed by atoms with E-state index < -0.39 is 0 Å². The maximum Gasteiger partial charge on any atom is 0.130 e. The van der Waals surface area contributed by atoms with E-state index in [0.717, 1.165) is 17.9 Å². The fourth-order valence-corrected chi connectivity index (χ4v) is 1.50. The number of ketones is 1. The molecule has 0 amide bonds. The fraction of sp³-hybridized carbons (Fsp3) is 0.750. The summed E-state index contributed by atoms with van der Waals surface area (Å²) in [6, 6.07) is 0. The van der Waals surface area contributed by atoms with Crippen molar-refractivity contribution >= 4 is 17.4 Å². The van der Waals surface area contributed by atoms with Gasteiger partial charge in [0.05, 0.1) is 0 Å². The number of Topliss-reactive ketones (excluding diaryl/α,β-unsaturated/α-hetero) is 1. The lowest BCUT2D eigenvalue weighted by Crippen LogP contribution is -1.87. The highest BCUT2D eigenvalue weighted by atomic mass is 35.5. The second kappa shape index (κ2) is 9.26. The topological polar surface area (TPSA) is 17.1 Å². The highest BCUT2D eigenvalue weighted by Gasteiger charge is 1.95. The van der Waals surface area contributed by atoms with Gasteiger partial charge in [-0.15, -0.1) is 0 Å². The highest BCUT2D eigenvalue weighted by Crippen LogP contribution is 2.14. The van der Waals surface area contributed by atoms with Crippen LogP contribution in [0.5, 0.6) is 0 Å². The van der Waals surface area contributed by atoms with Crippen LogP contribution in [0.2, 0.25) is 0 Å². The van der Waals surface area contributed by atoms with E-state index in [1.165, 1.54) is 25.7 Å². The summed E-state index contributed by atoms with van der Waals surface area (Å²) in [4.78, 5) is 10.7. The Morgan fingerprint density at radius 1 is 1.21 bits per heavy atom. The number of halogens is 1. The van der Waals surface area contributed by atoms with Gasteiger partial charge in [0, 0.05) is 11.5 Å². The Labute approximate surface area is 92.5 Å². The molecule has 0 unspecified atom stereocenters. The quantitative estimate of drug-likeness (QED) is 0.548. The van der Waals surface area contributed by atoms with Crippen molar-refractivity contribution in [2.24, 2.45) is 0 Å². The van der Waals surface area contributed by atoms with Crippen molar-refractivity contribution < 1.29 is 4.79 Å². The van der Waals surface area contributed by atoms with Crippen LogP contribution in [0.25, 0.3) is 0 Å². The summed E-state index contributed by atoms with van der Waals surface area (Å²) in [7, 11) is 0. The number of hydrogen-bond acceptors (Lipinski definition) is 1. The molecule has 0 aromatic carbocycles. The second-order valence-corrected chi connectivity index (χ2v) is 4.19. The molecule has 0 saturated carbocycles. The SMILES string of the molecule is CCCCCC/C(Cl)=C\CCC(C)=O. The number of carbonyl (C=O) groups excluding carboxylic acids is 1. The maximum atomic E-state index is 10.7. The zero-order valence-electron chi connectivity index (χ0n) is 9.31. The van der Waals surface area contributed by atoms with Crippen LogP contribution in [0, 0.1) is 0 Å². The van der Waals surface area contributed by atoms with E-state index in [-0.39, 0.29) is 5.78 Å². The van der Waals surface area contributed by atoms with Crippen LogP contribution >= 0.6 is 11.6 Å². The zero-order valence-corrected chi connectivity index (χ0v) is 10.1. The standard InChI is InChI=1S/C12H21ClO/c1-3-4-5-6-9-12(13)10-7-8-11(2)14/h10H,3-9H2,1-2H3/b12-10+. The highest BCUT2D eigenvalue weighted by molar-refractivity contribution is 6.29. The summed E-state index contributed by atoms with van der Waals surface area (Å²) < 4.78 is 0. The van der Waals surface area contributed by atoms with E-state index in [1.54, 1.807) is 6.92 Å². The van der Waals surface area contributed by atoms with Gasteiger partial charge in [-0.3, -0.25) is 0 Å². The van der Waals surface area contributed by atoms with Crippen LogP contribution in [-0.4, -0.2) is 5.78 Å². The average molecular weight is 217 g/mol. The molecule has 0 saturated heterocycles. The van der Waals surface area contributed by atoms with Crippen LogP contribution in [-0.2, 0) is 4.79 Å². The van der Waals surface area contributed by atoms with Crippen molar-refractivity contribution in [2.45, 2.75) is 58.8 Å². The van der Waals surface area contributed by atoms with Crippen LogP contribution in [0.4, 0.5) is 0 Å². The zero-order chi connectivity index (χ0) is 10.8. The number of unbranched alkanes of at least 4 members (excludes halogenated alkanes) is 3. The summed E-state index contributed by atoms with van der Waals surface area (Å²) in [5, 5.41) is 0.919. The number of rotatable bonds is 8. The summed E-state index contributed by atoms with van der Waals surface area (Å²) in [5.74, 6) is 0.233. The molecule has 0 aliphatic heterocycles. The molecule has 82 valence electrons. The van der Waals surface area contributed by atoms with E-state index in [9.17, 15) is 4.79 Å². The molecule has 14 heavy (non-hydrogen) atoms. The van der Waals surface area contributed by atoms with Gasteiger partial charge in [-0.2, -0.15) is 0 Å². The van der Waals surface area contributed by atoms with Crippen molar-refractivity contribution in [2.75, 3.05) is 0 Å². The third-order valence-corrected chi connectivity index (χ3v) is 2.47. The molecular weight excluding hydrogens is 196 g/mol. The molecule has 0 atom stereocenters. The smallest absolute Gasteiger partial charge is 0.130 e. The lowest BCUT2D eigenvalue weighted by molar-refractivity contribution is -0.116. The van der Waals surface area contributed by atoms with Crippen molar-refractivity contribution in [3.8, 4) is 0 Å². The maximum absolute atomic E-state index is 10.7. The molecule has 0 spiro atoms. The molecule has 0 heterocycles. The first-order chi connectivity index (χ1) is 6.66. The minimum absolute atomic E-state index is 0.233.